The smallest absolute Gasteiger partial charge is 0.280 e. The van der Waals surface area contributed by atoms with E-state index in [9.17, 15) is 13.2 Å². The van der Waals surface area contributed by atoms with Gasteiger partial charge in [-0.25, -0.2) is 18.4 Å². The Morgan fingerprint density at radius 1 is 1.21 bits per heavy atom. The van der Waals surface area contributed by atoms with Crippen molar-refractivity contribution in [2.45, 2.75) is 35.5 Å². The number of aromatic nitrogens is 2. The first kappa shape index (κ1) is 21.7. The van der Waals surface area contributed by atoms with Gasteiger partial charge in [0.1, 0.15) is 10.3 Å². The lowest BCUT2D eigenvalue weighted by Crippen LogP contribution is -2.25. The van der Waals surface area contributed by atoms with E-state index in [4.69, 9.17) is 15.3 Å². The molecule has 172 valence electrons. The number of pyridine rings is 1. The van der Waals surface area contributed by atoms with Gasteiger partial charge in [-0.2, -0.15) is 0 Å². The molecule has 3 N–H and O–H groups in total. The van der Waals surface area contributed by atoms with E-state index >= 15 is 0 Å². The Hall–Kier alpha value is -3.09. The number of thiazole rings is 1. The number of nitrogens with one attached hydrogen (secondary N) is 1. The minimum Gasteiger partial charge on any atom is -0.397 e. The van der Waals surface area contributed by atoms with Crippen LogP contribution in [0.4, 0.5) is 10.8 Å². The molecule has 2 aliphatic rings. The number of carbonyl (C=O) groups is 1. The van der Waals surface area contributed by atoms with Gasteiger partial charge in [0.25, 0.3) is 5.91 Å². The molecule has 2 fully saturated rings. The average molecular weight is 488 g/mol. The number of nitrogens with zero attached hydrogens (tertiary/aromatic N) is 3. The summed E-state index contributed by atoms with van der Waals surface area (Å²) in [4.78, 5) is 28.0. The van der Waals surface area contributed by atoms with Crippen LogP contribution in [0.25, 0.3) is 10.3 Å². The number of rotatable bonds is 7. The Morgan fingerprint density at radius 2 is 2.00 bits per heavy atom. The zero-order valence-corrected chi connectivity index (χ0v) is 19.1. The van der Waals surface area contributed by atoms with E-state index in [1.54, 1.807) is 24.4 Å². The molecule has 1 atom stereocenters. The molecule has 1 saturated heterocycles. The molecule has 1 aliphatic heterocycles. The summed E-state index contributed by atoms with van der Waals surface area (Å²) in [5.74, 6) is -0.552. The molecular weight excluding hydrogens is 466 g/mol. The van der Waals surface area contributed by atoms with Crippen molar-refractivity contribution in [1.29, 1.82) is 0 Å². The molecule has 1 saturated carbocycles. The number of ether oxygens (including phenoxy) is 1. The molecule has 5 rings (SSSR count). The molecule has 1 aromatic carbocycles. The van der Waals surface area contributed by atoms with E-state index in [2.05, 4.69) is 20.4 Å². The van der Waals surface area contributed by atoms with Crippen LogP contribution in [-0.4, -0.2) is 54.6 Å². The molecule has 10 nitrogen and oxygen atoms in total. The van der Waals surface area contributed by atoms with E-state index in [0.29, 0.717) is 59.2 Å². The van der Waals surface area contributed by atoms with Gasteiger partial charge in [0.2, 0.25) is 0 Å². The third-order valence-corrected chi connectivity index (χ3v) is 8.52. The number of nitrogens with two attached hydrogens (primary N) is 1. The molecule has 33 heavy (non-hydrogen) atoms. The number of sulfone groups is 1. The maximum Gasteiger partial charge on any atom is 0.280 e. The van der Waals surface area contributed by atoms with Crippen molar-refractivity contribution in [3.05, 3.63) is 42.1 Å². The van der Waals surface area contributed by atoms with Crippen molar-refractivity contribution in [2.75, 3.05) is 24.3 Å². The summed E-state index contributed by atoms with van der Waals surface area (Å²) in [5.41, 5.74) is 7.31. The van der Waals surface area contributed by atoms with Crippen molar-refractivity contribution in [3.8, 4) is 0 Å². The highest BCUT2D eigenvalue weighted by Gasteiger charge is 2.36. The van der Waals surface area contributed by atoms with Gasteiger partial charge in [-0.15, -0.1) is 0 Å². The maximum atomic E-state index is 13.1. The van der Waals surface area contributed by atoms with Gasteiger partial charge in [-0.1, -0.05) is 28.6 Å². The van der Waals surface area contributed by atoms with Gasteiger partial charge in [-0.05, 0) is 31.0 Å². The minimum atomic E-state index is -3.34. The number of hydrogen-bond acceptors (Lipinski definition) is 10. The first-order chi connectivity index (χ1) is 15.9. The zero-order chi connectivity index (χ0) is 23.0. The summed E-state index contributed by atoms with van der Waals surface area (Å²) in [6.45, 7) is 0.954. The predicted molar refractivity (Wildman–Crippen MR) is 124 cm³/mol. The van der Waals surface area contributed by atoms with Crippen LogP contribution in [0.3, 0.4) is 0 Å². The molecule has 0 unspecified atom stereocenters. The Kier molecular flexibility index (Phi) is 5.72. The molecule has 12 heteroatoms. The van der Waals surface area contributed by atoms with Crippen LogP contribution in [0.1, 0.15) is 24.8 Å². The lowest BCUT2D eigenvalue weighted by Gasteiger charge is -2.10. The Morgan fingerprint density at radius 3 is 2.67 bits per heavy atom. The highest BCUT2D eigenvalue weighted by Crippen LogP contribution is 2.33. The molecule has 0 spiro atoms. The monoisotopic (exact) mass is 487 g/mol. The van der Waals surface area contributed by atoms with Gasteiger partial charge in [0, 0.05) is 18.2 Å². The standard InChI is InChI=1S/C21H21N5O5S2/c22-16-7-9-23-20-18(16)24-21(32-20)25-19(27)17(26-31-13-8-10-30-11-13)12-1-3-14(4-2-12)33(28,29)15-5-6-15/h1-4,7,9,13,15H,5-6,8,10-11H2,(H2,22,23)(H,24,25,27)/b26-17+/t13-/m1/s1. The van der Waals surface area contributed by atoms with Gasteiger partial charge < -0.3 is 15.3 Å². The van der Waals surface area contributed by atoms with E-state index in [1.165, 1.54) is 23.5 Å². The maximum absolute atomic E-state index is 13.1. The van der Waals surface area contributed by atoms with Crippen LogP contribution < -0.4 is 11.1 Å². The largest absolute Gasteiger partial charge is 0.397 e. The Balaban J connectivity index is 1.42. The zero-order valence-electron chi connectivity index (χ0n) is 17.4. The normalized spacial score (nSPS) is 19.0. The summed E-state index contributed by atoms with van der Waals surface area (Å²) < 4.78 is 30.3. The SMILES string of the molecule is Nc1ccnc2sc(NC(=O)/C(=N/O[C@@H]3CCOC3)c3ccc(S(=O)(=O)C4CC4)cc3)nc12. The van der Waals surface area contributed by atoms with E-state index < -0.39 is 15.7 Å². The molecule has 0 radical (unpaired) electrons. The number of amides is 1. The van der Waals surface area contributed by atoms with Gasteiger partial charge in [0.15, 0.2) is 26.8 Å². The van der Waals surface area contributed by atoms with Gasteiger partial charge in [-0.3, -0.25) is 10.1 Å². The number of benzene rings is 1. The highest BCUT2D eigenvalue weighted by atomic mass is 32.2. The van der Waals surface area contributed by atoms with Gasteiger partial charge in [0.05, 0.1) is 29.0 Å². The molecule has 0 bridgehead atoms. The van der Waals surface area contributed by atoms with Crippen molar-refractivity contribution >= 4 is 54.0 Å². The second kappa shape index (κ2) is 8.69. The first-order valence-electron chi connectivity index (χ1n) is 10.4. The summed E-state index contributed by atoms with van der Waals surface area (Å²) in [6.07, 6.45) is 3.34. The number of fused-ring (bicyclic) bond motifs is 1. The van der Waals surface area contributed by atoms with Crippen LogP contribution >= 0.6 is 11.3 Å². The second-order valence-corrected chi connectivity index (χ2v) is 11.0. The van der Waals surface area contributed by atoms with Crippen LogP contribution in [0.15, 0.2) is 46.6 Å². The fraction of sp³-hybridized carbons (Fsp3) is 0.333. The van der Waals surface area contributed by atoms with Crippen LogP contribution in [-0.2, 0) is 24.2 Å². The fourth-order valence-corrected chi connectivity index (χ4v) is 5.88. The summed E-state index contributed by atoms with van der Waals surface area (Å²) in [7, 11) is -3.34. The van der Waals surface area contributed by atoms with Gasteiger partial charge >= 0.3 is 0 Å². The quantitative estimate of drug-likeness (QED) is 0.381. The number of carbonyl (C=O) groups excluding carboxylic acids is 1. The summed E-state index contributed by atoms with van der Waals surface area (Å²) in [6, 6.07) is 7.73. The number of hydrogen-bond donors (Lipinski definition) is 2. The molecule has 1 amide bonds. The van der Waals surface area contributed by atoms with E-state index in [0.717, 1.165) is 0 Å². The van der Waals surface area contributed by atoms with E-state index in [1.807, 2.05) is 0 Å². The third-order valence-electron chi connectivity index (χ3n) is 5.36. The molecule has 3 aromatic rings. The lowest BCUT2D eigenvalue weighted by molar-refractivity contribution is -0.110. The van der Waals surface area contributed by atoms with Crippen LogP contribution in [0.5, 0.6) is 0 Å². The Labute approximate surface area is 193 Å². The number of anilines is 2. The topological polar surface area (TPSA) is 146 Å². The molecular formula is C21H21N5O5S2. The van der Waals surface area contributed by atoms with Crippen LogP contribution in [0, 0.1) is 0 Å². The first-order valence-corrected chi connectivity index (χ1v) is 12.8. The van der Waals surface area contributed by atoms with E-state index in [-0.39, 0.29) is 22.0 Å². The molecule has 2 aromatic heterocycles. The average Bonchev–Trinajstić information content (AvgIpc) is 3.39. The lowest BCUT2D eigenvalue weighted by atomic mass is 10.1. The number of oxime groups is 1. The molecule has 1 aliphatic carbocycles. The minimum absolute atomic E-state index is 0.00235. The predicted octanol–water partition coefficient (Wildman–Crippen LogP) is 2.36. The van der Waals surface area contributed by atoms with Crippen molar-refractivity contribution < 1.29 is 22.8 Å². The number of nitrogen functional groups attached to an aromatic ring is 1. The van der Waals surface area contributed by atoms with Crippen molar-refractivity contribution in [3.63, 3.8) is 0 Å². The van der Waals surface area contributed by atoms with Crippen LogP contribution in [0.2, 0.25) is 0 Å². The summed E-state index contributed by atoms with van der Waals surface area (Å²) in [5, 5.41) is 6.81. The summed E-state index contributed by atoms with van der Waals surface area (Å²) >= 11 is 1.18. The second-order valence-electron chi connectivity index (χ2n) is 7.83. The fourth-order valence-electron chi connectivity index (χ4n) is 3.38. The van der Waals surface area contributed by atoms with Crippen molar-refractivity contribution in [2.24, 2.45) is 5.16 Å². The van der Waals surface area contributed by atoms with Crippen molar-refractivity contribution in [1.82, 2.24) is 9.97 Å². The molecule has 3 heterocycles. The Bertz CT molecular complexity index is 1330. The third kappa shape index (κ3) is 4.54. The highest BCUT2D eigenvalue weighted by molar-refractivity contribution is 7.92.